The fourth-order valence-corrected chi connectivity index (χ4v) is 3.01. The van der Waals surface area contributed by atoms with Crippen molar-refractivity contribution in [2.24, 2.45) is 0 Å². The van der Waals surface area contributed by atoms with Crippen molar-refractivity contribution in [2.75, 3.05) is 0 Å². The molecule has 0 radical (unpaired) electrons. The van der Waals surface area contributed by atoms with Crippen LogP contribution in [0.4, 0.5) is 0 Å². The lowest BCUT2D eigenvalue weighted by Crippen LogP contribution is -2.14. The van der Waals surface area contributed by atoms with Crippen LogP contribution in [0.1, 0.15) is 36.1 Å². The fraction of sp³-hybridized carbons (Fsp3) is 0.211. The lowest BCUT2D eigenvalue weighted by molar-refractivity contribution is 0.0903. The Labute approximate surface area is 138 Å². The number of fused-ring (bicyclic) bond motifs is 2. The highest BCUT2D eigenvalue weighted by Gasteiger charge is 2.18. The van der Waals surface area contributed by atoms with Crippen molar-refractivity contribution in [3.8, 4) is 0 Å². The zero-order valence-electron chi connectivity index (χ0n) is 13.4. The highest BCUT2D eigenvalue weighted by atomic mass is 16.5. The van der Waals surface area contributed by atoms with Gasteiger partial charge in [0, 0.05) is 11.8 Å². The molecule has 0 fully saturated rings. The average Bonchev–Trinajstić information content (AvgIpc) is 3.17. The van der Waals surface area contributed by atoms with E-state index in [1.807, 2.05) is 55.5 Å². The topological polar surface area (TPSA) is 60.9 Å². The lowest BCUT2D eigenvalue weighted by Gasteiger charge is -2.06. The van der Waals surface area contributed by atoms with Crippen LogP contribution in [-0.4, -0.2) is 20.6 Å². The minimum absolute atomic E-state index is 0.0639. The summed E-state index contributed by atoms with van der Waals surface area (Å²) in [5, 5.41) is 5.13. The van der Waals surface area contributed by atoms with E-state index in [4.69, 9.17) is 4.52 Å². The molecule has 0 saturated heterocycles. The number of imidazole rings is 1. The Morgan fingerprint density at radius 3 is 2.79 bits per heavy atom. The first kappa shape index (κ1) is 14.6. The fourth-order valence-electron chi connectivity index (χ4n) is 3.01. The van der Waals surface area contributed by atoms with Gasteiger partial charge in [0.1, 0.15) is 5.82 Å². The highest BCUT2D eigenvalue weighted by Crippen LogP contribution is 2.23. The van der Waals surface area contributed by atoms with Gasteiger partial charge in [0.05, 0.1) is 23.1 Å². The Balaban J connectivity index is 1.84. The van der Waals surface area contributed by atoms with Crippen LogP contribution in [-0.2, 0) is 6.42 Å². The van der Waals surface area contributed by atoms with Crippen LogP contribution in [0.25, 0.3) is 22.0 Å². The molecule has 0 atom stereocenters. The Morgan fingerprint density at radius 1 is 1.12 bits per heavy atom. The number of nitrogens with zero attached hydrogens (tertiary/aromatic N) is 3. The maximum Gasteiger partial charge on any atom is 0.232 e. The number of rotatable bonds is 4. The van der Waals surface area contributed by atoms with Crippen LogP contribution in [0, 0.1) is 0 Å². The summed E-state index contributed by atoms with van der Waals surface area (Å²) in [4.78, 5) is 17.3. The van der Waals surface area contributed by atoms with Gasteiger partial charge in [0.25, 0.3) is 0 Å². The van der Waals surface area contributed by atoms with E-state index in [1.165, 1.54) is 0 Å². The minimum atomic E-state index is 0.0639. The van der Waals surface area contributed by atoms with Gasteiger partial charge in [-0.25, -0.2) is 4.98 Å². The molecule has 0 aliphatic heterocycles. The van der Waals surface area contributed by atoms with E-state index in [0.29, 0.717) is 18.7 Å². The van der Waals surface area contributed by atoms with Crippen molar-refractivity contribution in [2.45, 2.75) is 26.2 Å². The van der Waals surface area contributed by atoms with Crippen LogP contribution < -0.4 is 0 Å². The number of aromatic nitrogens is 3. The molecule has 4 aromatic rings. The molecule has 0 aliphatic carbocycles. The Morgan fingerprint density at radius 2 is 1.92 bits per heavy atom. The van der Waals surface area contributed by atoms with E-state index in [-0.39, 0.29) is 5.91 Å². The number of benzene rings is 2. The molecule has 4 rings (SSSR count). The predicted molar refractivity (Wildman–Crippen MR) is 92.1 cm³/mol. The second kappa shape index (κ2) is 5.92. The highest BCUT2D eigenvalue weighted by molar-refractivity contribution is 5.91. The summed E-state index contributed by atoms with van der Waals surface area (Å²) in [6.45, 7) is 2.00. The number of carbonyl (C=O) groups excluding carboxylic acids is 1. The predicted octanol–water partition coefficient (Wildman–Crippen LogP) is 4.21. The molecule has 120 valence electrons. The third kappa shape index (κ3) is 2.38. The summed E-state index contributed by atoms with van der Waals surface area (Å²) in [6, 6.07) is 15.4. The van der Waals surface area contributed by atoms with Crippen LogP contribution in [0.3, 0.4) is 0 Å². The van der Waals surface area contributed by atoms with Crippen LogP contribution in [0.5, 0.6) is 0 Å². The summed E-state index contributed by atoms with van der Waals surface area (Å²) in [6.07, 6.45) is 1.76. The zero-order chi connectivity index (χ0) is 16.5. The molecule has 0 spiro atoms. The van der Waals surface area contributed by atoms with Crippen molar-refractivity contribution < 1.29 is 9.32 Å². The van der Waals surface area contributed by atoms with Gasteiger partial charge in [-0.2, -0.15) is 0 Å². The van der Waals surface area contributed by atoms with Gasteiger partial charge in [0.2, 0.25) is 5.91 Å². The van der Waals surface area contributed by atoms with E-state index in [0.717, 1.165) is 34.1 Å². The van der Waals surface area contributed by atoms with Crippen molar-refractivity contribution >= 4 is 27.9 Å². The summed E-state index contributed by atoms with van der Waals surface area (Å²) >= 11 is 0. The summed E-state index contributed by atoms with van der Waals surface area (Å²) in [5.41, 5.74) is 3.21. The van der Waals surface area contributed by atoms with Crippen LogP contribution in [0.2, 0.25) is 0 Å². The molecule has 2 aromatic heterocycles. The van der Waals surface area contributed by atoms with Gasteiger partial charge in [-0.3, -0.25) is 9.36 Å². The van der Waals surface area contributed by atoms with Crippen molar-refractivity contribution in [3.63, 3.8) is 0 Å². The summed E-state index contributed by atoms with van der Waals surface area (Å²) in [7, 11) is 0. The second-order valence-electron chi connectivity index (χ2n) is 5.80. The minimum Gasteiger partial charge on any atom is -0.356 e. The molecule has 0 amide bonds. The monoisotopic (exact) mass is 319 g/mol. The van der Waals surface area contributed by atoms with E-state index in [9.17, 15) is 4.79 Å². The average molecular weight is 319 g/mol. The maximum absolute atomic E-state index is 12.6. The van der Waals surface area contributed by atoms with Gasteiger partial charge in [-0.05, 0) is 30.7 Å². The van der Waals surface area contributed by atoms with Crippen LogP contribution in [0.15, 0.2) is 53.1 Å². The largest absolute Gasteiger partial charge is 0.356 e. The molecule has 24 heavy (non-hydrogen) atoms. The number of hydrogen-bond acceptors (Lipinski definition) is 4. The van der Waals surface area contributed by atoms with Crippen LogP contribution >= 0.6 is 0 Å². The first-order chi connectivity index (χ1) is 11.8. The van der Waals surface area contributed by atoms with E-state index in [2.05, 4.69) is 10.1 Å². The molecular formula is C19H17N3O2. The molecule has 0 bridgehead atoms. The number of para-hydroxylation sites is 3. The molecule has 2 aromatic carbocycles. The van der Waals surface area contributed by atoms with Gasteiger partial charge in [-0.15, -0.1) is 0 Å². The van der Waals surface area contributed by atoms with Gasteiger partial charge < -0.3 is 4.52 Å². The van der Waals surface area contributed by atoms with Crippen molar-refractivity contribution in [3.05, 3.63) is 60.0 Å². The molecule has 0 saturated carbocycles. The second-order valence-corrected chi connectivity index (χ2v) is 5.80. The summed E-state index contributed by atoms with van der Waals surface area (Å²) < 4.78 is 7.10. The zero-order valence-corrected chi connectivity index (χ0v) is 13.4. The number of carbonyl (C=O) groups is 1. The van der Waals surface area contributed by atoms with E-state index in [1.54, 1.807) is 4.57 Å². The first-order valence-corrected chi connectivity index (χ1v) is 8.10. The Kier molecular flexibility index (Phi) is 3.61. The molecule has 0 unspecified atom stereocenters. The molecule has 0 aliphatic rings. The third-order valence-corrected chi connectivity index (χ3v) is 4.12. The molecule has 5 nitrogen and oxygen atoms in total. The first-order valence-electron chi connectivity index (χ1n) is 8.10. The van der Waals surface area contributed by atoms with E-state index >= 15 is 0 Å². The normalized spacial score (nSPS) is 11.4. The summed E-state index contributed by atoms with van der Waals surface area (Å²) in [5.74, 6) is 0.766. The smallest absolute Gasteiger partial charge is 0.232 e. The Bertz CT molecular complexity index is 1030. The third-order valence-electron chi connectivity index (χ3n) is 4.12. The van der Waals surface area contributed by atoms with E-state index < -0.39 is 0 Å². The molecule has 5 heteroatoms. The van der Waals surface area contributed by atoms with Gasteiger partial charge in [-0.1, -0.05) is 36.3 Å². The Hall–Kier alpha value is -2.95. The SMILES string of the molecule is CCCC(=O)n1c(Cc2noc3ccccc23)nc2ccccc21. The standard InChI is InChI=1S/C19H17N3O2/c1-2-7-19(23)22-16-10-5-4-9-14(16)20-18(22)12-15-13-8-3-6-11-17(13)24-21-15/h3-6,8-11H,2,7,12H2,1H3. The maximum atomic E-state index is 12.6. The van der Waals surface area contributed by atoms with Crippen molar-refractivity contribution in [1.29, 1.82) is 0 Å². The molecule has 0 N–H and O–H groups in total. The number of hydrogen-bond donors (Lipinski definition) is 0. The molecule has 2 heterocycles. The van der Waals surface area contributed by atoms with Gasteiger partial charge >= 0.3 is 0 Å². The quantitative estimate of drug-likeness (QED) is 0.565. The molecular weight excluding hydrogens is 302 g/mol. The van der Waals surface area contributed by atoms with Crippen molar-refractivity contribution in [1.82, 2.24) is 14.7 Å². The lowest BCUT2D eigenvalue weighted by atomic mass is 10.1. The van der Waals surface area contributed by atoms with Gasteiger partial charge in [0.15, 0.2) is 5.58 Å².